The van der Waals surface area contributed by atoms with E-state index >= 15 is 0 Å². The van der Waals surface area contributed by atoms with Crippen LogP contribution in [0, 0.1) is 0 Å². The van der Waals surface area contributed by atoms with Crippen LogP contribution in [0.5, 0.6) is 11.5 Å². The predicted octanol–water partition coefficient (Wildman–Crippen LogP) is 0.777. The Bertz CT molecular complexity index is 720. The van der Waals surface area contributed by atoms with Crippen LogP contribution in [0.2, 0.25) is 0 Å². The molecule has 2 aromatic carbocycles. The van der Waals surface area contributed by atoms with Crippen LogP contribution in [0.1, 0.15) is 11.1 Å². The lowest BCUT2D eigenvalue weighted by molar-refractivity contribution is 0.174. The first-order valence-corrected chi connectivity index (χ1v) is 5.51. The summed E-state index contributed by atoms with van der Waals surface area (Å²) in [4.78, 5) is 23.0. The van der Waals surface area contributed by atoms with Crippen molar-refractivity contribution in [2.45, 2.75) is 12.8 Å². The molecule has 0 atom stereocenters. The molecule has 1 heterocycles. The summed E-state index contributed by atoms with van der Waals surface area (Å²) in [6.45, 7) is 0.219. The van der Waals surface area contributed by atoms with Crippen LogP contribution in [0.15, 0.2) is 21.7 Å². The summed E-state index contributed by atoms with van der Waals surface area (Å²) in [7, 11) is 0. The summed E-state index contributed by atoms with van der Waals surface area (Å²) < 4.78 is 10.6. The number of rotatable bonds is 0. The molecule has 1 aliphatic heterocycles. The van der Waals surface area contributed by atoms with E-state index < -0.39 is 0 Å². The molecule has 4 nitrogen and oxygen atoms in total. The van der Waals surface area contributed by atoms with Gasteiger partial charge in [-0.15, -0.1) is 0 Å². The molecule has 0 saturated heterocycles. The molecule has 2 aromatic rings. The van der Waals surface area contributed by atoms with E-state index in [0.717, 1.165) is 23.3 Å². The largest absolute Gasteiger partial charge is 0.454 e. The van der Waals surface area contributed by atoms with Crippen molar-refractivity contribution in [1.82, 2.24) is 0 Å². The Balaban J connectivity index is 2.02. The van der Waals surface area contributed by atoms with Gasteiger partial charge in [0, 0.05) is 11.1 Å². The molecular formula is C13H8O4. The zero-order valence-electron chi connectivity index (χ0n) is 8.91. The van der Waals surface area contributed by atoms with E-state index in [1.54, 1.807) is 0 Å². The molecule has 0 fully saturated rings. The molecule has 1 aliphatic carbocycles. The van der Waals surface area contributed by atoms with Crippen molar-refractivity contribution in [3.63, 3.8) is 0 Å². The van der Waals surface area contributed by atoms with Crippen molar-refractivity contribution in [3.8, 4) is 22.6 Å². The first-order chi connectivity index (χ1) is 8.25. The standard InChI is InChI=1S/C13H8O4/c14-12-7-2-1-6-3-9-10(17-5-16-9)4-8(6)11(7)13(12)15/h3-4H,1-2,5H2. The van der Waals surface area contributed by atoms with E-state index in [1.807, 2.05) is 12.1 Å². The van der Waals surface area contributed by atoms with Gasteiger partial charge in [-0.05, 0) is 36.1 Å². The van der Waals surface area contributed by atoms with Gasteiger partial charge in [-0.25, -0.2) is 0 Å². The summed E-state index contributed by atoms with van der Waals surface area (Å²) in [5, 5.41) is 0. The van der Waals surface area contributed by atoms with Crippen LogP contribution in [0.4, 0.5) is 0 Å². The second kappa shape index (κ2) is 2.77. The van der Waals surface area contributed by atoms with Crippen LogP contribution in [0.3, 0.4) is 0 Å². The van der Waals surface area contributed by atoms with Gasteiger partial charge in [0.25, 0.3) is 0 Å². The molecule has 4 heteroatoms. The third-order valence-electron chi connectivity index (χ3n) is 3.52. The zero-order valence-corrected chi connectivity index (χ0v) is 8.91. The van der Waals surface area contributed by atoms with Crippen LogP contribution in [0.25, 0.3) is 11.1 Å². The highest BCUT2D eigenvalue weighted by molar-refractivity contribution is 5.78. The Morgan fingerprint density at radius 2 is 1.71 bits per heavy atom. The summed E-state index contributed by atoms with van der Waals surface area (Å²) >= 11 is 0. The number of ether oxygens (including phenoxy) is 2. The van der Waals surface area contributed by atoms with Crippen molar-refractivity contribution in [3.05, 3.63) is 43.7 Å². The van der Waals surface area contributed by atoms with E-state index in [2.05, 4.69) is 0 Å². The number of hydrogen-bond donors (Lipinski definition) is 0. The second-order valence-electron chi connectivity index (χ2n) is 4.37. The number of benzene rings is 1. The second-order valence-corrected chi connectivity index (χ2v) is 4.37. The fourth-order valence-corrected chi connectivity index (χ4v) is 2.65. The van der Waals surface area contributed by atoms with Crippen LogP contribution < -0.4 is 20.3 Å². The van der Waals surface area contributed by atoms with Crippen molar-refractivity contribution in [2.75, 3.05) is 6.79 Å². The number of aryl methyl sites for hydroxylation is 1. The molecule has 17 heavy (non-hydrogen) atoms. The topological polar surface area (TPSA) is 52.6 Å². The van der Waals surface area contributed by atoms with Crippen LogP contribution >= 0.6 is 0 Å². The molecule has 0 saturated carbocycles. The Hall–Kier alpha value is -2.10. The van der Waals surface area contributed by atoms with E-state index in [-0.39, 0.29) is 17.7 Å². The summed E-state index contributed by atoms with van der Waals surface area (Å²) in [5.74, 6) is 1.38. The van der Waals surface area contributed by atoms with Gasteiger partial charge in [-0.2, -0.15) is 0 Å². The van der Waals surface area contributed by atoms with Crippen molar-refractivity contribution in [2.24, 2.45) is 0 Å². The van der Waals surface area contributed by atoms with Gasteiger partial charge in [0.15, 0.2) is 11.5 Å². The molecule has 84 valence electrons. The van der Waals surface area contributed by atoms with Crippen molar-refractivity contribution >= 4 is 0 Å². The Kier molecular flexibility index (Phi) is 1.46. The van der Waals surface area contributed by atoms with E-state index in [4.69, 9.17) is 9.47 Å². The Morgan fingerprint density at radius 3 is 2.53 bits per heavy atom. The van der Waals surface area contributed by atoms with Gasteiger partial charge in [-0.3, -0.25) is 9.59 Å². The van der Waals surface area contributed by atoms with E-state index in [1.165, 1.54) is 0 Å². The van der Waals surface area contributed by atoms with Gasteiger partial charge in [0.05, 0.1) is 0 Å². The SMILES string of the molecule is O=c1c2c(c1=O)-c1cc3c(cc1CC2)OCO3. The highest BCUT2D eigenvalue weighted by Gasteiger charge is 2.29. The van der Waals surface area contributed by atoms with Crippen molar-refractivity contribution < 1.29 is 9.47 Å². The molecule has 0 radical (unpaired) electrons. The first-order valence-electron chi connectivity index (χ1n) is 5.51. The fraction of sp³-hybridized carbons (Fsp3) is 0.231. The highest BCUT2D eigenvalue weighted by atomic mass is 16.7. The van der Waals surface area contributed by atoms with Gasteiger partial charge in [0.1, 0.15) is 0 Å². The maximum absolute atomic E-state index is 11.6. The lowest BCUT2D eigenvalue weighted by Crippen LogP contribution is -2.39. The van der Waals surface area contributed by atoms with E-state index in [9.17, 15) is 9.59 Å². The maximum Gasteiger partial charge on any atom is 0.234 e. The first kappa shape index (κ1) is 8.98. The third-order valence-corrected chi connectivity index (χ3v) is 3.52. The van der Waals surface area contributed by atoms with E-state index in [0.29, 0.717) is 23.3 Å². The predicted molar refractivity (Wildman–Crippen MR) is 60.3 cm³/mol. The average molecular weight is 228 g/mol. The van der Waals surface area contributed by atoms with Gasteiger partial charge in [0.2, 0.25) is 17.7 Å². The lowest BCUT2D eigenvalue weighted by atomic mass is 9.81. The smallest absolute Gasteiger partial charge is 0.234 e. The highest BCUT2D eigenvalue weighted by Crippen LogP contribution is 2.41. The molecule has 2 aliphatic rings. The van der Waals surface area contributed by atoms with Gasteiger partial charge >= 0.3 is 0 Å². The summed E-state index contributed by atoms with van der Waals surface area (Å²) in [5.41, 5.74) is 2.51. The molecule has 0 bridgehead atoms. The average Bonchev–Trinajstić information content (AvgIpc) is 2.80. The molecule has 0 spiro atoms. The molecule has 0 unspecified atom stereocenters. The molecule has 0 N–H and O–H groups in total. The number of fused-ring (bicyclic) bond motifs is 4. The monoisotopic (exact) mass is 228 g/mol. The maximum atomic E-state index is 11.6. The fourth-order valence-electron chi connectivity index (χ4n) is 2.65. The summed E-state index contributed by atoms with van der Waals surface area (Å²) in [6, 6.07) is 3.73. The quantitative estimate of drug-likeness (QED) is 0.625. The number of hydrogen-bond acceptors (Lipinski definition) is 4. The molecule has 4 rings (SSSR count). The zero-order chi connectivity index (χ0) is 11.6. The van der Waals surface area contributed by atoms with Gasteiger partial charge in [-0.1, -0.05) is 0 Å². The summed E-state index contributed by atoms with van der Waals surface area (Å²) in [6.07, 6.45) is 1.44. The minimum Gasteiger partial charge on any atom is -0.454 e. The molecule has 0 aromatic heterocycles. The molecular weight excluding hydrogens is 220 g/mol. The van der Waals surface area contributed by atoms with Crippen molar-refractivity contribution in [1.29, 1.82) is 0 Å². The lowest BCUT2D eigenvalue weighted by Gasteiger charge is -2.20. The third kappa shape index (κ3) is 0.976. The minimum atomic E-state index is -0.361. The minimum absolute atomic E-state index is 0.219. The normalized spacial score (nSPS) is 15.8. The van der Waals surface area contributed by atoms with Gasteiger partial charge < -0.3 is 9.47 Å². The Labute approximate surface area is 96.1 Å². The Morgan fingerprint density at radius 1 is 0.941 bits per heavy atom. The molecule has 0 amide bonds. The van der Waals surface area contributed by atoms with Crippen LogP contribution in [-0.2, 0) is 12.8 Å². The van der Waals surface area contributed by atoms with Crippen LogP contribution in [-0.4, -0.2) is 6.79 Å².